The van der Waals surface area contributed by atoms with Gasteiger partial charge < -0.3 is 19.9 Å². The topological polar surface area (TPSA) is 118 Å². The van der Waals surface area contributed by atoms with Crippen molar-refractivity contribution >= 4 is 50.1 Å². The second-order valence-electron chi connectivity index (χ2n) is 6.68. The molecule has 4 rings (SSSR count). The second-order valence-corrected chi connectivity index (χ2v) is 7.71. The zero-order valence-corrected chi connectivity index (χ0v) is 17.6. The van der Waals surface area contributed by atoms with E-state index < -0.39 is 6.03 Å². The number of amides is 3. The Kier molecular flexibility index (Phi) is 5.80. The smallest absolute Gasteiger partial charge is 0.324 e. The van der Waals surface area contributed by atoms with Gasteiger partial charge in [-0.1, -0.05) is 28.6 Å². The maximum atomic E-state index is 12.4. The highest BCUT2D eigenvalue weighted by molar-refractivity contribution is 7.22. The molecule has 2 aromatic carbocycles. The van der Waals surface area contributed by atoms with E-state index in [4.69, 9.17) is 9.26 Å². The van der Waals surface area contributed by atoms with E-state index >= 15 is 0 Å². The molecule has 0 fully saturated rings. The first-order valence-corrected chi connectivity index (χ1v) is 10.1. The minimum Gasteiger partial charge on any atom is -0.497 e. The fourth-order valence-corrected chi connectivity index (χ4v) is 3.75. The van der Waals surface area contributed by atoms with Gasteiger partial charge in [0.25, 0.3) is 0 Å². The Labute approximate surface area is 181 Å². The number of rotatable bonds is 6. The number of anilines is 3. The third-order valence-corrected chi connectivity index (χ3v) is 5.22. The summed E-state index contributed by atoms with van der Waals surface area (Å²) in [5.41, 5.74) is 2.19. The quantitative estimate of drug-likeness (QED) is 0.411. The van der Waals surface area contributed by atoms with Gasteiger partial charge in [-0.05, 0) is 42.8 Å². The summed E-state index contributed by atoms with van der Waals surface area (Å²) in [4.78, 5) is 28.8. The number of benzene rings is 2. The molecule has 0 aliphatic heterocycles. The third kappa shape index (κ3) is 5.17. The van der Waals surface area contributed by atoms with E-state index in [0.29, 0.717) is 22.4 Å². The molecule has 0 radical (unpaired) electrons. The van der Waals surface area contributed by atoms with Crippen LogP contribution in [-0.4, -0.2) is 29.2 Å². The van der Waals surface area contributed by atoms with Crippen molar-refractivity contribution in [2.75, 3.05) is 23.1 Å². The first kappa shape index (κ1) is 20.4. The van der Waals surface area contributed by atoms with E-state index in [1.54, 1.807) is 44.4 Å². The van der Waals surface area contributed by atoms with Gasteiger partial charge in [-0.3, -0.25) is 10.1 Å². The van der Waals surface area contributed by atoms with Crippen molar-refractivity contribution in [1.29, 1.82) is 0 Å². The van der Waals surface area contributed by atoms with Crippen molar-refractivity contribution in [1.82, 2.24) is 10.1 Å². The first-order chi connectivity index (χ1) is 15.0. The lowest BCUT2D eigenvalue weighted by Gasteiger charge is -2.07. The number of hydrogen-bond donors (Lipinski definition) is 3. The molecule has 0 aliphatic carbocycles. The minimum absolute atomic E-state index is 0.175. The van der Waals surface area contributed by atoms with E-state index in [-0.39, 0.29) is 12.3 Å². The molecule has 158 valence electrons. The molecule has 9 nitrogen and oxygen atoms in total. The lowest BCUT2D eigenvalue weighted by atomic mass is 10.1. The normalized spacial score (nSPS) is 10.6. The summed E-state index contributed by atoms with van der Waals surface area (Å²) in [5.74, 6) is 1.50. The molecule has 3 amide bonds. The van der Waals surface area contributed by atoms with Gasteiger partial charge in [-0.25, -0.2) is 9.78 Å². The number of hydrogen-bond acceptors (Lipinski definition) is 7. The molecule has 0 spiro atoms. The average molecular weight is 437 g/mol. The van der Waals surface area contributed by atoms with Gasteiger partial charge in [-0.2, -0.15) is 0 Å². The number of carbonyl (C=O) groups excluding carboxylic acids is 2. The monoisotopic (exact) mass is 437 g/mol. The van der Waals surface area contributed by atoms with Crippen LogP contribution in [0.2, 0.25) is 0 Å². The standard InChI is InChI=1S/C21H19N5O4S/c1-12-9-18(26-30-12)24-20(28)22-14-5-3-13(4-6-14)10-19(27)25-21-23-16-8-7-15(29-2)11-17(16)31-21/h3-9,11H,10H2,1-2H3,(H,23,25,27)(H2,22,24,26,28). The summed E-state index contributed by atoms with van der Waals surface area (Å²) in [5, 5.41) is 12.3. The van der Waals surface area contributed by atoms with Gasteiger partial charge in [0, 0.05) is 11.8 Å². The van der Waals surface area contributed by atoms with Crippen LogP contribution >= 0.6 is 11.3 Å². The Morgan fingerprint density at radius 2 is 1.87 bits per heavy atom. The number of ether oxygens (including phenoxy) is 1. The Morgan fingerprint density at radius 1 is 1.06 bits per heavy atom. The van der Waals surface area contributed by atoms with Crippen LogP contribution in [0.4, 0.5) is 21.4 Å². The van der Waals surface area contributed by atoms with Crippen LogP contribution in [-0.2, 0) is 11.2 Å². The lowest BCUT2D eigenvalue weighted by molar-refractivity contribution is -0.115. The van der Waals surface area contributed by atoms with Gasteiger partial charge >= 0.3 is 6.03 Å². The van der Waals surface area contributed by atoms with Crippen LogP contribution in [0.15, 0.2) is 53.1 Å². The van der Waals surface area contributed by atoms with Gasteiger partial charge in [0.15, 0.2) is 10.9 Å². The summed E-state index contributed by atoms with van der Waals surface area (Å²) in [6.45, 7) is 1.74. The number of methoxy groups -OCH3 is 1. The molecular formula is C21H19N5O4S. The minimum atomic E-state index is -0.439. The van der Waals surface area contributed by atoms with Crippen molar-refractivity contribution in [3.8, 4) is 5.75 Å². The molecule has 3 N–H and O–H groups in total. The predicted octanol–water partition coefficient (Wildman–Crippen LogP) is 4.43. The molecule has 2 aromatic heterocycles. The fraction of sp³-hybridized carbons (Fsp3) is 0.143. The highest BCUT2D eigenvalue weighted by Gasteiger charge is 2.10. The zero-order valence-electron chi connectivity index (χ0n) is 16.8. The van der Waals surface area contributed by atoms with Gasteiger partial charge in [0.05, 0.1) is 23.7 Å². The number of carbonyl (C=O) groups is 2. The number of nitrogens with zero attached hydrogens (tertiary/aromatic N) is 2. The van der Waals surface area contributed by atoms with Crippen molar-refractivity contribution in [2.24, 2.45) is 0 Å². The van der Waals surface area contributed by atoms with Crippen molar-refractivity contribution in [3.63, 3.8) is 0 Å². The molecule has 0 atom stereocenters. The van der Waals surface area contributed by atoms with Gasteiger partial charge in [0.2, 0.25) is 5.91 Å². The highest BCUT2D eigenvalue weighted by Crippen LogP contribution is 2.29. The molecule has 0 bridgehead atoms. The second kappa shape index (κ2) is 8.84. The molecule has 0 unspecified atom stereocenters. The summed E-state index contributed by atoms with van der Waals surface area (Å²) in [7, 11) is 1.61. The Morgan fingerprint density at radius 3 is 2.58 bits per heavy atom. The first-order valence-electron chi connectivity index (χ1n) is 9.33. The van der Waals surface area contributed by atoms with Crippen LogP contribution < -0.4 is 20.7 Å². The van der Waals surface area contributed by atoms with Crippen LogP contribution in [0.5, 0.6) is 5.75 Å². The average Bonchev–Trinajstić information content (AvgIpc) is 3.33. The summed E-state index contributed by atoms with van der Waals surface area (Å²) < 4.78 is 11.0. The predicted molar refractivity (Wildman–Crippen MR) is 119 cm³/mol. The number of fused-ring (bicyclic) bond motifs is 1. The molecule has 0 saturated carbocycles. The Bertz CT molecular complexity index is 1230. The van der Waals surface area contributed by atoms with E-state index in [9.17, 15) is 9.59 Å². The molecule has 0 saturated heterocycles. The fourth-order valence-electron chi connectivity index (χ4n) is 2.84. The van der Waals surface area contributed by atoms with Crippen LogP contribution in [0.25, 0.3) is 10.2 Å². The van der Waals surface area contributed by atoms with Crippen LogP contribution in [0, 0.1) is 6.92 Å². The number of thiazole rings is 1. The summed E-state index contributed by atoms with van der Waals surface area (Å²) in [6, 6.07) is 13.7. The highest BCUT2D eigenvalue weighted by atomic mass is 32.1. The molecule has 0 aliphatic rings. The number of aryl methyl sites for hydroxylation is 1. The van der Waals surface area contributed by atoms with E-state index in [1.165, 1.54) is 11.3 Å². The maximum Gasteiger partial charge on any atom is 0.324 e. The molecule has 10 heteroatoms. The third-order valence-electron chi connectivity index (χ3n) is 4.29. The van der Waals surface area contributed by atoms with Crippen LogP contribution in [0.1, 0.15) is 11.3 Å². The Hall–Kier alpha value is -3.92. The van der Waals surface area contributed by atoms with Gasteiger partial charge in [0.1, 0.15) is 11.5 Å². The van der Waals surface area contributed by atoms with Crippen molar-refractivity contribution in [3.05, 3.63) is 59.9 Å². The van der Waals surface area contributed by atoms with E-state index in [2.05, 4.69) is 26.1 Å². The van der Waals surface area contributed by atoms with E-state index in [0.717, 1.165) is 21.5 Å². The number of urea groups is 1. The van der Waals surface area contributed by atoms with Crippen molar-refractivity contribution in [2.45, 2.75) is 13.3 Å². The number of aromatic nitrogens is 2. The summed E-state index contributed by atoms with van der Waals surface area (Å²) in [6.07, 6.45) is 0.184. The largest absolute Gasteiger partial charge is 0.497 e. The molecule has 31 heavy (non-hydrogen) atoms. The Balaban J connectivity index is 1.32. The maximum absolute atomic E-state index is 12.4. The van der Waals surface area contributed by atoms with E-state index in [1.807, 2.05) is 18.2 Å². The summed E-state index contributed by atoms with van der Waals surface area (Å²) >= 11 is 1.39. The van der Waals surface area contributed by atoms with Crippen LogP contribution in [0.3, 0.4) is 0 Å². The molecule has 4 aromatic rings. The number of nitrogens with one attached hydrogen (secondary N) is 3. The molecular weight excluding hydrogens is 418 g/mol. The molecule has 2 heterocycles. The van der Waals surface area contributed by atoms with Crippen molar-refractivity contribution < 1.29 is 18.8 Å². The van der Waals surface area contributed by atoms with Gasteiger partial charge in [-0.15, -0.1) is 0 Å². The zero-order chi connectivity index (χ0) is 21.8. The SMILES string of the molecule is COc1ccc2nc(NC(=O)Cc3ccc(NC(=O)Nc4cc(C)on4)cc3)sc2c1. The lowest BCUT2D eigenvalue weighted by Crippen LogP contribution is -2.19.